The second kappa shape index (κ2) is 8.70. The lowest BCUT2D eigenvalue weighted by molar-refractivity contribution is -0.139. The summed E-state index contributed by atoms with van der Waals surface area (Å²) in [6.07, 6.45) is 2.07. The number of halogens is 1. The molecule has 1 aromatic carbocycles. The van der Waals surface area contributed by atoms with Crippen molar-refractivity contribution < 1.29 is 23.1 Å². The molecule has 0 heterocycles. The summed E-state index contributed by atoms with van der Waals surface area (Å²) in [6, 6.07) is 2.65. The highest BCUT2D eigenvalue weighted by Gasteiger charge is 2.24. The van der Waals surface area contributed by atoms with Crippen molar-refractivity contribution in [2.45, 2.75) is 17.4 Å². The van der Waals surface area contributed by atoms with E-state index in [1.165, 1.54) is 38.0 Å². The molecule has 0 spiro atoms. The Kier molecular flexibility index (Phi) is 7.53. The quantitative estimate of drug-likeness (QED) is 0.692. The average Bonchev–Trinajstić information content (AvgIpc) is 2.50. The highest BCUT2D eigenvalue weighted by molar-refractivity contribution is 7.98. The van der Waals surface area contributed by atoms with Crippen LogP contribution in [0.4, 0.5) is 0 Å². The number of thioether (sulfide) groups is 1. The van der Waals surface area contributed by atoms with Crippen LogP contribution in [-0.2, 0) is 14.8 Å². The molecule has 0 radical (unpaired) electrons. The van der Waals surface area contributed by atoms with Crippen molar-refractivity contribution in [2.24, 2.45) is 0 Å². The first-order valence-corrected chi connectivity index (χ1v) is 10.1. The zero-order valence-electron chi connectivity index (χ0n) is 13.4. The fourth-order valence-corrected chi connectivity index (χ4v) is 3.38. The zero-order valence-corrected chi connectivity index (χ0v) is 15.8. The van der Waals surface area contributed by atoms with Gasteiger partial charge in [0.05, 0.1) is 15.5 Å². The van der Waals surface area contributed by atoms with E-state index in [0.717, 1.165) is 10.4 Å². The molecule has 7 nitrogen and oxygen atoms in total. The Morgan fingerprint density at radius 3 is 2.50 bits per heavy atom. The van der Waals surface area contributed by atoms with Crippen molar-refractivity contribution in [2.75, 3.05) is 26.1 Å². The zero-order chi connectivity index (χ0) is 18.5. The van der Waals surface area contributed by atoms with Gasteiger partial charge in [-0.05, 0) is 36.6 Å². The molecule has 1 atom stereocenters. The number of benzene rings is 1. The minimum atomic E-state index is -3.73. The fourth-order valence-electron chi connectivity index (χ4n) is 1.78. The average molecular weight is 395 g/mol. The molecule has 1 amide bonds. The van der Waals surface area contributed by atoms with Crippen LogP contribution in [0.5, 0.6) is 0 Å². The highest BCUT2D eigenvalue weighted by atomic mass is 35.5. The standard InChI is InChI=1S/C14H19ClN2O5S2/c1-17(2)24(21,22)9-4-5-11(15)10(8-9)13(18)16-12(14(19)20)6-7-23-3/h4-5,8,12H,6-7H2,1-3H3,(H,16,18)(H,19,20)/t12-/m1/s1. The summed E-state index contributed by atoms with van der Waals surface area (Å²) in [5, 5.41) is 11.6. The van der Waals surface area contributed by atoms with Gasteiger partial charge in [-0.25, -0.2) is 17.5 Å². The maximum atomic E-state index is 12.3. The van der Waals surface area contributed by atoms with Crippen LogP contribution in [0.25, 0.3) is 0 Å². The number of carboxylic acids is 1. The van der Waals surface area contributed by atoms with Crippen molar-refractivity contribution in [3.05, 3.63) is 28.8 Å². The predicted molar refractivity (Wildman–Crippen MR) is 94.2 cm³/mol. The Labute approximate surface area is 150 Å². The minimum absolute atomic E-state index is 0.0409. The third-order valence-electron chi connectivity index (χ3n) is 3.18. The second-order valence-corrected chi connectivity index (χ2v) is 8.62. The van der Waals surface area contributed by atoms with Crippen molar-refractivity contribution in [1.29, 1.82) is 0 Å². The van der Waals surface area contributed by atoms with Crippen LogP contribution < -0.4 is 5.32 Å². The molecule has 0 aliphatic heterocycles. The first-order chi connectivity index (χ1) is 11.1. The van der Waals surface area contributed by atoms with Gasteiger partial charge in [0.2, 0.25) is 10.0 Å². The number of rotatable bonds is 8. The summed E-state index contributed by atoms with van der Waals surface area (Å²) in [5.41, 5.74) is -0.0880. The number of aliphatic carboxylic acids is 1. The SMILES string of the molecule is CSCC[C@@H](NC(=O)c1cc(S(=O)(=O)N(C)C)ccc1Cl)C(=O)O. The molecule has 10 heteroatoms. The monoisotopic (exact) mass is 394 g/mol. The van der Waals surface area contributed by atoms with Crippen LogP contribution in [0, 0.1) is 0 Å². The van der Waals surface area contributed by atoms with E-state index in [-0.39, 0.29) is 21.9 Å². The molecule has 134 valence electrons. The smallest absolute Gasteiger partial charge is 0.326 e. The minimum Gasteiger partial charge on any atom is -0.480 e. The molecule has 0 saturated carbocycles. The lowest BCUT2D eigenvalue weighted by atomic mass is 10.1. The largest absolute Gasteiger partial charge is 0.480 e. The molecular formula is C14H19ClN2O5S2. The van der Waals surface area contributed by atoms with Gasteiger partial charge < -0.3 is 10.4 Å². The lowest BCUT2D eigenvalue weighted by Gasteiger charge is -2.16. The Balaban J connectivity index is 3.12. The van der Waals surface area contributed by atoms with Gasteiger partial charge in [-0.2, -0.15) is 11.8 Å². The Morgan fingerprint density at radius 2 is 2.00 bits per heavy atom. The summed E-state index contributed by atoms with van der Waals surface area (Å²) < 4.78 is 25.3. The maximum absolute atomic E-state index is 12.3. The van der Waals surface area contributed by atoms with E-state index in [1.54, 1.807) is 0 Å². The van der Waals surface area contributed by atoms with E-state index in [1.807, 2.05) is 6.26 Å². The number of nitrogens with one attached hydrogen (secondary N) is 1. The first kappa shape index (κ1) is 20.8. The van der Waals surface area contributed by atoms with Crippen LogP contribution in [0.15, 0.2) is 23.1 Å². The number of hydrogen-bond donors (Lipinski definition) is 2. The molecule has 2 N–H and O–H groups in total. The number of carbonyl (C=O) groups excluding carboxylic acids is 1. The van der Waals surface area contributed by atoms with Gasteiger partial charge in [0.1, 0.15) is 6.04 Å². The van der Waals surface area contributed by atoms with Crippen molar-refractivity contribution >= 4 is 45.3 Å². The van der Waals surface area contributed by atoms with Gasteiger partial charge in [0.15, 0.2) is 0 Å². The van der Waals surface area contributed by atoms with Crippen LogP contribution in [0.1, 0.15) is 16.8 Å². The van der Waals surface area contributed by atoms with Crippen LogP contribution in [0.3, 0.4) is 0 Å². The first-order valence-electron chi connectivity index (χ1n) is 6.86. The van der Waals surface area contributed by atoms with Crippen molar-refractivity contribution in [3.63, 3.8) is 0 Å². The summed E-state index contributed by atoms with van der Waals surface area (Å²) >= 11 is 7.42. The van der Waals surface area contributed by atoms with Gasteiger partial charge in [0, 0.05) is 14.1 Å². The van der Waals surface area contributed by atoms with Crippen molar-refractivity contribution in [1.82, 2.24) is 9.62 Å². The van der Waals surface area contributed by atoms with Gasteiger partial charge >= 0.3 is 5.97 Å². The maximum Gasteiger partial charge on any atom is 0.326 e. The fraction of sp³-hybridized carbons (Fsp3) is 0.429. The number of hydrogen-bond acceptors (Lipinski definition) is 5. The van der Waals surface area contributed by atoms with Crippen LogP contribution in [-0.4, -0.2) is 61.9 Å². The molecule has 0 unspecified atom stereocenters. The summed E-state index contributed by atoms with van der Waals surface area (Å²) in [5.74, 6) is -1.34. The number of nitrogens with zero attached hydrogens (tertiary/aromatic N) is 1. The third-order valence-corrected chi connectivity index (χ3v) is 5.96. The van der Waals surface area contributed by atoms with Crippen molar-refractivity contribution in [3.8, 4) is 0 Å². The Bertz CT molecular complexity index is 722. The van der Waals surface area contributed by atoms with E-state index in [9.17, 15) is 18.0 Å². The van der Waals surface area contributed by atoms with E-state index in [2.05, 4.69) is 5.32 Å². The van der Waals surface area contributed by atoms with E-state index in [4.69, 9.17) is 16.7 Å². The van der Waals surface area contributed by atoms with E-state index in [0.29, 0.717) is 5.75 Å². The lowest BCUT2D eigenvalue weighted by Crippen LogP contribution is -2.41. The summed E-state index contributed by atoms with van der Waals surface area (Å²) in [4.78, 5) is 23.4. The topological polar surface area (TPSA) is 104 Å². The molecule has 0 bridgehead atoms. The molecule has 0 fully saturated rings. The molecular weight excluding hydrogens is 376 g/mol. The van der Waals surface area contributed by atoms with E-state index >= 15 is 0 Å². The summed E-state index contributed by atoms with van der Waals surface area (Å²) in [6.45, 7) is 0. The highest BCUT2D eigenvalue weighted by Crippen LogP contribution is 2.22. The molecule has 1 aromatic rings. The normalized spacial score (nSPS) is 12.9. The number of carbonyl (C=O) groups is 2. The number of carboxylic acid groups (broad SMARTS) is 1. The summed E-state index contributed by atoms with van der Waals surface area (Å²) in [7, 11) is -0.998. The van der Waals surface area contributed by atoms with E-state index < -0.39 is 27.9 Å². The van der Waals surface area contributed by atoms with Crippen LogP contribution >= 0.6 is 23.4 Å². The number of amides is 1. The van der Waals surface area contributed by atoms with Gasteiger partial charge in [-0.1, -0.05) is 11.6 Å². The molecule has 0 aromatic heterocycles. The molecule has 0 aliphatic carbocycles. The molecule has 1 rings (SSSR count). The third kappa shape index (κ3) is 5.10. The van der Waals surface area contributed by atoms with Gasteiger partial charge in [-0.15, -0.1) is 0 Å². The van der Waals surface area contributed by atoms with Crippen LogP contribution in [0.2, 0.25) is 5.02 Å². The van der Waals surface area contributed by atoms with Gasteiger partial charge in [0.25, 0.3) is 5.91 Å². The molecule has 0 aliphatic rings. The Morgan fingerprint density at radius 1 is 1.38 bits per heavy atom. The second-order valence-electron chi connectivity index (χ2n) is 5.07. The molecule has 0 saturated heterocycles. The molecule has 24 heavy (non-hydrogen) atoms. The number of sulfonamides is 1. The van der Waals surface area contributed by atoms with Gasteiger partial charge in [-0.3, -0.25) is 4.79 Å². The Hall–Kier alpha value is -1.29. The predicted octanol–water partition coefficient (Wildman–Crippen LogP) is 1.53.